The Morgan fingerprint density at radius 2 is 1.90 bits per heavy atom. The second-order valence-electron chi connectivity index (χ2n) is 7.13. The molecular weight excluding hydrogens is 370 g/mol. The van der Waals surface area contributed by atoms with Crippen molar-refractivity contribution in [1.82, 2.24) is 4.90 Å². The van der Waals surface area contributed by atoms with Gasteiger partial charge in [-0.15, -0.1) is 0 Å². The number of nitro benzene ring substituents is 1. The van der Waals surface area contributed by atoms with Crippen molar-refractivity contribution in [3.05, 3.63) is 93.9 Å². The van der Waals surface area contributed by atoms with E-state index in [0.717, 1.165) is 18.4 Å². The number of carbonyl (C=O) groups excluding carboxylic acids is 1. The summed E-state index contributed by atoms with van der Waals surface area (Å²) in [6.45, 7) is 0.646. The predicted octanol–water partition coefficient (Wildman–Crippen LogP) is 4.60. The molecule has 0 unspecified atom stereocenters. The fourth-order valence-electron chi connectivity index (χ4n) is 3.16. The zero-order chi connectivity index (χ0) is 20.2. The second kappa shape index (κ2) is 8.18. The normalized spacial score (nSPS) is 13.1. The lowest BCUT2D eigenvalue weighted by Gasteiger charge is -2.22. The van der Waals surface area contributed by atoms with Gasteiger partial charge in [0.05, 0.1) is 17.7 Å². The minimum Gasteiger partial charge on any atom is -0.467 e. The third-order valence-corrected chi connectivity index (χ3v) is 4.81. The molecule has 0 spiro atoms. The molecule has 1 heterocycles. The smallest absolute Gasteiger partial charge is 0.293 e. The third kappa shape index (κ3) is 4.63. The van der Waals surface area contributed by atoms with Crippen LogP contribution in [0.25, 0.3) is 0 Å². The number of nitrogens with zero attached hydrogens (tertiary/aromatic N) is 2. The first-order valence-corrected chi connectivity index (χ1v) is 9.51. The molecule has 7 heteroatoms. The summed E-state index contributed by atoms with van der Waals surface area (Å²) in [6.07, 6.45) is 3.57. The summed E-state index contributed by atoms with van der Waals surface area (Å²) in [6, 6.07) is 18.1. The van der Waals surface area contributed by atoms with Crippen LogP contribution in [0.2, 0.25) is 0 Å². The van der Waals surface area contributed by atoms with Crippen molar-refractivity contribution in [2.75, 3.05) is 5.32 Å². The zero-order valence-corrected chi connectivity index (χ0v) is 15.8. The summed E-state index contributed by atoms with van der Waals surface area (Å²) < 4.78 is 5.41. The van der Waals surface area contributed by atoms with Crippen LogP contribution in [-0.4, -0.2) is 21.8 Å². The van der Waals surface area contributed by atoms with E-state index in [1.165, 1.54) is 6.07 Å². The Hall–Kier alpha value is -3.61. The molecule has 0 saturated heterocycles. The van der Waals surface area contributed by atoms with E-state index in [1.807, 2.05) is 30.3 Å². The lowest BCUT2D eigenvalue weighted by Crippen LogP contribution is -2.30. The lowest BCUT2D eigenvalue weighted by atomic mass is 10.1. The number of amides is 1. The van der Waals surface area contributed by atoms with Crippen molar-refractivity contribution in [2.45, 2.75) is 32.0 Å². The van der Waals surface area contributed by atoms with Crippen LogP contribution >= 0.6 is 0 Å². The van der Waals surface area contributed by atoms with E-state index >= 15 is 0 Å². The van der Waals surface area contributed by atoms with Crippen LogP contribution in [0.3, 0.4) is 0 Å². The highest BCUT2D eigenvalue weighted by Gasteiger charge is 2.26. The van der Waals surface area contributed by atoms with Crippen molar-refractivity contribution in [3.8, 4) is 0 Å². The van der Waals surface area contributed by atoms with Gasteiger partial charge >= 0.3 is 0 Å². The predicted molar refractivity (Wildman–Crippen MR) is 108 cm³/mol. The largest absolute Gasteiger partial charge is 0.467 e. The number of nitro groups is 1. The molecule has 1 amide bonds. The Bertz CT molecular complexity index is 998. The van der Waals surface area contributed by atoms with Crippen LogP contribution < -0.4 is 5.32 Å². The highest BCUT2D eigenvalue weighted by atomic mass is 16.6. The maximum Gasteiger partial charge on any atom is 0.293 e. The molecule has 7 nitrogen and oxygen atoms in total. The number of nitrogens with one attached hydrogen (secondary N) is 1. The Labute approximate surface area is 168 Å². The van der Waals surface area contributed by atoms with E-state index in [9.17, 15) is 14.9 Å². The van der Waals surface area contributed by atoms with Gasteiger partial charge in [0, 0.05) is 24.2 Å². The number of hydrogen-bond donors (Lipinski definition) is 1. The highest BCUT2D eigenvalue weighted by molar-refractivity contribution is 5.95. The summed E-state index contributed by atoms with van der Waals surface area (Å²) in [4.78, 5) is 26.0. The highest BCUT2D eigenvalue weighted by Crippen LogP contribution is 2.32. The fourth-order valence-corrected chi connectivity index (χ4v) is 3.16. The molecule has 0 bridgehead atoms. The van der Waals surface area contributed by atoms with Gasteiger partial charge in [0.25, 0.3) is 11.6 Å². The van der Waals surface area contributed by atoms with Gasteiger partial charge in [-0.2, -0.15) is 0 Å². The van der Waals surface area contributed by atoms with Gasteiger partial charge in [-0.1, -0.05) is 30.3 Å². The summed E-state index contributed by atoms with van der Waals surface area (Å²) >= 11 is 0. The van der Waals surface area contributed by atoms with Gasteiger partial charge in [-0.05, 0) is 42.7 Å². The quantitative estimate of drug-likeness (QED) is 0.448. The molecule has 1 aliphatic carbocycles. The molecule has 148 valence electrons. The number of rotatable bonds is 8. The Morgan fingerprint density at radius 3 is 2.55 bits per heavy atom. The lowest BCUT2D eigenvalue weighted by molar-refractivity contribution is -0.384. The van der Waals surface area contributed by atoms with Crippen LogP contribution in [0.1, 0.15) is 34.5 Å². The molecule has 4 rings (SSSR count). The van der Waals surface area contributed by atoms with E-state index in [1.54, 1.807) is 35.4 Å². The van der Waals surface area contributed by atoms with Crippen molar-refractivity contribution in [2.24, 2.45) is 0 Å². The van der Waals surface area contributed by atoms with Crippen molar-refractivity contribution in [1.29, 1.82) is 0 Å². The number of benzene rings is 2. The minimum absolute atomic E-state index is 0.0830. The van der Waals surface area contributed by atoms with E-state index in [4.69, 9.17) is 4.42 Å². The minimum atomic E-state index is -0.449. The average molecular weight is 391 g/mol. The van der Waals surface area contributed by atoms with E-state index in [2.05, 4.69) is 5.32 Å². The molecule has 1 aromatic heterocycles. The summed E-state index contributed by atoms with van der Waals surface area (Å²) in [5, 5.41) is 14.7. The molecule has 2 aromatic carbocycles. The molecule has 0 aliphatic heterocycles. The standard InChI is InChI=1S/C22H21N3O4/c26-22(17-8-11-20(23-18-9-10-18)21(13-17)25(27)28)24(15-19-7-4-12-29-19)14-16-5-2-1-3-6-16/h1-8,11-13,18,23H,9-10,14-15H2. The molecule has 1 saturated carbocycles. The topological polar surface area (TPSA) is 88.6 Å². The van der Waals surface area contributed by atoms with Gasteiger partial charge in [-0.25, -0.2) is 0 Å². The molecule has 29 heavy (non-hydrogen) atoms. The summed E-state index contributed by atoms with van der Waals surface area (Å²) in [5.41, 5.74) is 1.62. The number of furan rings is 1. The SMILES string of the molecule is O=C(c1ccc(NC2CC2)c([N+](=O)[O-])c1)N(Cc1ccccc1)Cc1ccco1. The van der Waals surface area contributed by atoms with Gasteiger partial charge in [-0.3, -0.25) is 14.9 Å². The van der Waals surface area contributed by atoms with Crippen LogP contribution in [-0.2, 0) is 13.1 Å². The third-order valence-electron chi connectivity index (χ3n) is 4.81. The van der Waals surface area contributed by atoms with Crippen LogP contribution in [0.4, 0.5) is 11.4 Å². The molecule has 0 atom stereocenters. The van der Waals surface area contributed by atoms with Gasteiger partial charge in [0.2, 0.25) is 0 Å². The number of anilines is 1. The van der Waals surface area contributed by atoms with E-state index in [-0.39, 0.29) is 29.7 Å². The molecule has 0 radical (unpaired) electrons. The first kappa shape index (κ1) is 18.7. The molecular formula is C22H21N3O4. The van der Waals surface area contributed by atoms with Crippen molar-refractivity contribution in [3.63, 3.8) is 0 Å². The van der Waals surface area contributed by atoms with Crippen LogP contribution in [0.5, 0.6) is 0 Å². The molecule has 1 aliphatic rings. The Morgan fingerprint density at radius 1 is 1.10 bits per heavy atom. The monoisotopic (exact) mass is 391 g/mol. The van der Waals surface area contributed by atoms with Crippen molar-refractivity contribution < 1.29 is 14.1 Å². The van der Waals surface area contributed by atoms with E-state index in [0.29, 0.717) is 18.0 Å². The summed E-state index contributed by atoms with van der Waals surface area (Å²) in [7, 11) is 0. The first-order valence-electron chi connectivity index (χ1n) is 9.51. The maximum absolute atomic E-state index is 13.2. The zero-order valence-electron chi connectivity index (χ0n) is 15.8. The second-order valence-corrected chi connectivity index (χ2v) is 7.13. The molecule has 1 N–H and O–H groups in total. The van der Waals surface area contributed by atoms with Gasteiger partial charge in [0.1, 0.15) is 11.4 Å². The van der Waals surface area contributed by atoms with Gasteiger partial charge < -0.3 is 14.6 Å². The van der Waals surface area contributed by atoms with Crippen molar-refractivity contribution >= 4 is 17.3 Å². The Kier molecular flexibility index (Phi) is 5.29. The van der Waals surface area contributed by atoms with E-state index < -0.39 is 4.92 Å². The average Bonchev–Trinajstić information content (AvgIpc) is 3.40. The number of carbonyl (C=O) groups is 1. The van der Waals surface area contributed by atoms with Gasteiger partial charge in [0.15, 0.2) is 0 Å². The number of hydrogen-bond acceptors (Lipinski definition) is 5. The first-order chi connectivity index (χ1) is 14.1. The summed E-state index contributed by atoms with van der Waals surface area (Å²) in [5.74, 6) is 0.363. The molecule has 3 aromatic rings. The van der Waals surface area contributed by atoms with Crippen LogP contribution in [0, 0.1) is 10.1 Å². The fraction of sp³-hybridized carbons (Fsp3) is 0.227. The van der Waals surface area contributed by atoms with Crippen LogP contribution in [0.15, 0.2) is 71.3 Å². The Balaban J connectivity index is 1.61. The maximum atomic E-state index is 13.2. The molecule has 1 fully saturated rings.